The summed E-state index contributed by atoms with van der Waals surface area (Å²) in [6, 6.07) is 0. The molecule has 0 rings (SSSR count). The van der Waals surface area contributed by atoms with Crippen LogP contribution in [0.4, 0.5) is 39.5 Å². The maximum absolute atomic E-state index is 12.4. The molecule has 17 heavy (non-hydrogen) atoms. The minimum atomic E-state index is -6.95. The summed E-state index contributed by atoms with van der Waals surface area (Å²) in [7, 11) is 0.677. The summed E-state index contributed by atoms with van der Waals surface area (Å²) in [5, 5.41) is 0. The van der Waals surface area contributed by atoms with E-state index in [1.54, 1.807) is 0 Å². The van der Waals surface area contributed by atoms with Gasteiger partial charge in [0.2, 0.25) is 0 Å². The van der Waals surface area contributed by atoms with Gasteiger partial charge in [0.25, 0.3) is 0 Å². The molecule has 0 aromatic heterocycles. The summed E-state index contributed by atoms with van der Waals surface area (Å²) >= 11 is 0. The third-order valence-corrected chi connectivity index (χ3v) is 1.47. The van der Waals surface area contributed by atoms with Crippen LogP contribution in [0.2, 0.25) is 0 Å². The van der Waals surface area contributed by atoms with Gasteiger partial charge in [-0.2, -0.15) is 39.5 Å². The third-order valence-electron chi connectivity index (χ3n) is 1.47. The summed E-state index contributed by atoms with van der Waals surface area (Å²) in [5.41, 5.74) is 0. The topological polar surface area (TPSA) is 18.5 Å². The molecule has 0 bridgehead atoms. The zero-order valence-electron chi connectivity index (χ0n) is 7.93. The predicted molar refractivity (Wildman–Crippen MR) is 33.9 cm³/mol. The second kappa shape index (κ2) is 4.52. The SMILES string of the molecule is COCOC(F)(F)C(F)(F)C(F)(F)C(F)(F)F. The van der Waals surface area contributed by atoms with Crippen LogP contribution in [-0.4, -0.2) is 38.0 Å². The van der Waals surface area contributed by atoms with Crippen LogP contribution in [0.3, 0.4) is 0 Å². The molecule has 11 heteroatoms. The fraction of sp³-hybridized carbons (Fsp3) is 1.00. The Morgan fingerprint density at radius 1 is 0.765 bits per heavy atom. The van der Waals surface area contributed by atoms with Gasteiger partial charge < -0.3 is 4.74 Å². The van der Waals surface area contributed by atoms with E-state index >= 15 is 0 Å². The molecule has 0 aliphatic heterocycles. The predicted octanol–water partition coefficient (Wildman–Crippen LogP) is 3.03. The third kappa shape index (κ3) is 2.76. The molecule has 0 heterocycles. The second-order valence-electron chi connectivity index (χ2n) is 2.71. The average molecular weight is 280 g/mol. The first-order valence-corrected chi connectivity index (χ1v) is 3.64. The summed E-state index contributed by atoms with van der Waals surface area (Å²) < 4.78 is 115. The van der Waals surface area contributed by atoms with Gasteiger partial charge >= 0.3 is 24.1 Å². The number of methoxy groups -OCH3 is 1. The van der Waals surface area contributed by atoms with E-state index in [1.807, 2.05) is 0 Å². The molecule has 0 radical (unpaired) electrons. The Morgan fingerprint density at radius 2 is 1.18 bits per heavy atom. The minimum Gasteiger partial charge on any atom is -0.358 e. The molecule has 0 unspecified atom stereocenters. The molecular weight excluding hydrogens is 275 g/mol. The van der Waals surface area contributed by atoms with E-state index in [1.165, 1.54) is 0 Å². The van der Waals surface area contributed by atoms with Gasteiger partial charge in [-0.3, -0.25) is 4.74 Å². The summed E-state index contributed by atoms with van der Waals surface area (Å²) in [4.78, 5) is 0. The fourth-order valence-electron chi connectivity index (χ4n) is 0.584. The summed E-state index contributed by atoms with van der Waals surface area (Å²) in [6.45, 7) is -1.59. The maximum atomic E-state index is 12.4. The van der Waals surface area contributed by atoms with Crippen LogP contribution in [0.15, 0.2) is 0 Å². The van der Waals surface area contributed by atoms with E-state index in [-0.39, 0.29) is 0 Å². The van der Waals surface area contributed by atoms with Crippen LogP contribution in [-0.2, 0) is 9.47 Å². The molecule has 0 aromatic carbocycles. The van der Waals surface area contributed by atoms with Crippen molar-refractivity contribution in [2.75, 3.05) is 13.9 Å². The fourth-order valence-corrected chi connectivity index (χ4v) is 0.584. The lowest BCUT2D eigenvalue weighted by Crippen LogP contribution is -2.61. The average Bonchev–Trinajstić information content (AvgIpc) is 2.12. The summed E-state index contributed by atoms with van der Waals surface area (Å²) in [6.07, 6.45) is -12.9. The van der Waals surface area contributed by atoms with Crippen LogP contribution in [0.1, 0.15) is 0 Å². The molecule has 0 amide bonds. The molecule has 104 valence electrons. The van der Waals surface area contributed by atoms with Crippen molar-refractivity contribution >= 4 is 0 Å². The van der Waals surface area contributed by atoms with Crippen LogP contribution in [0, 0.1) is 0 Å². The molecule has 0 saturated heterocycles. The van der Waals surface area contributed by atoms with Crippen LogP contribution < -0.4 is 0 Å². The smallest absolute Gasteiger partial charge is 0.358 e. The van der Waals surface area contributed by atoms with Crippen molar-refractivity contribution in [3.63, 3.8) is 0 Å². The molecular formula is C6H5F9O2. The molecule has 0 fully saturated rings. The number of alkyl halides is 9. The zero-order valence-corrected chi connectivity index (χ0v) is 7.93. The van der Waals surface area contributed by atoms with E-state index < -0.39 is 30.9 Å². The van der Waals surface area contributed by atoms with Crippen LogP contribution in [0.25, 0.3) is 0 Å². The van der Waals surface area contributed by atoms with Gasteiger partial charge in [-0.15, -0.1) is 0 Å². The monoisotopic (exact) mass is 280 g/mol. The van der Waals surface area contributed by atoms with Gasteiger partial charge in [0, 0.05) is 7.11 Å². The molecule has 0 aromatic rings. The number of rotatable bonds is 5. The van der Waals surface area contributed by atoms with Crippen LogP contribution >= 0.6 is 0 Å². The molecule has 0 N–H and O–H groups in total. The van der Waals surface area contributed by atoms with E-state index in [9.17, 15) is 39.5 Å². The Bertz CT molecular complexity index is 259. The highest BCUT2D eigenvalue weighted by Gasteiger charge is 2.82. The Balaban J connectivity index is 5.24. The maximum Gasteiger partial charge on any atom is 0.460 e. The van der Waals surface area contributed by atoms with Gasteiger partial charge in [0.05, 0.1) is 0 Å². The number of hydrogen-bond acceptors (Lipinski definition) is 2. The summed E-state index contributed by atoms with van der Waals surface area (Å²) in [5.74, 6) is -13.7. The number of ether oxygens (including phenoxy) is 2. The largest absolute Gasteiger partial charge is 0.460 e. The van der Waals surface area contributed by atoms with Crippen molar-refractivity contribution in [1.82, 2.24) is 0 Å². The van der Waals surface area contributed by atoms with Crippen molar-refractivity contribution in [3.05, 3.63) is 0 Å². The van der Waals surface area contributed by atoms with Gasteiger partial charge in [-0.05, 0) is 0 Å². The van der Waals surface area contributed by atoms with Crippen molar-refractivity contribution < 1.29 is 49.0 Å². The number of hydrogen-bond donors (Lipinski definition) is 0. The van der Waals surface area contributed by atoms with Crippen molar-refractivity contribution in [2.24, 2.45) is 0 Å². The van der Waals surface area contributed by atoms with Gasteiger partial charge in [-0.1, -0.05) is 0 Å². The Morgan fingerprint density at radius 3 is 1.47 bits per heavy atom. The lowest BCUT2D eigenvalue weighted by Gasteiger charge is -2.32. The van der Waals surface area contributed by atoms with E-state index in [2.05, 4.69) is 9.47 Å². The normalized spacial score (nSPS) is 15.2. The lowest BCUT2D eigenvalue weighted by atomic mass is 10.1. The molecule has 0 spiro atoms. The molecule has 2 nitrogen and oxygen atoms in total. The highest BCUT2D eigenvalue weighted by molar-refractivity contribution is 4.96. The van der Waals surface area contributed by atoms with Gasteiger partial charge in [-0.25, -0.2) is 0 Å². The standard InChI is InChI=1S/C6H5F9O2/c1-16-2-17-6(14,15)4(9,10)3(7,8)5(11,12)13/h2H2,1H3. The first-order chi connectivity index (χ1) is 7.31. The van der Waals surface area contributed by atoms with Crippen molar-refractivity contribution in [1.29, 1.82) is 0 Å². The highest BCUT2D eigenvalue weighted by atomic mass is 19.4. The van der Waals surface area contributed by atoms with E-state index in [0.29, 0.717) is 7.11 Å². The Hall–Kier alpha value is -0.710. The van der Waals surface area contributed by atoms with Crippen LogP contribution in [0.5, 0.6) is 0 Å². The molecule has 0 aliphatic carbocycles. The zero-order chi connectivity index (χ0) is 14.1. The molecule has 0 atom stereocenters. The molecule has 0 aliphatic rings. The Labute approximate surface area is 88.3 Å². The van der Waals surface area contributed by atoms with E-state index in [0.717, 1.165) is 0 Å². The van der Waals surface area contributed by atoms with Gasteiger partial charge in [0.15, 0.2) is 6.79 Å². The quantitative estimate of drug-likeness (QED) is 0.569. The first kappa shape index (κ1) is 16.3. The van der Waals surface area contributed by atoms with E-state index in [4.69, 9.17) is 0 Å². The molecule has 0 saturated carbocycles. The van der Waals surface area contributed by atoms with Crippen molar-refractivity contribution in [2.45, 2.75) is 24.1 Å². The first-order valence-electron chi connectivity index (χ1n) is 3.64. The highest BCUT2D eigenvalue weighted by Crippen LogP contribution is 2.53. The van der Waals surface area contributed by atoms with Crippen molar-refractivity contribution in [3.8, 4) is 0 Å². The second-order valence-corrected chi connectivity index (χ2v) is 2.71. The Kier molecular flexibility index (Phi) is 4.33. The number of halogens is 9. The lowest BCUT2D eigenvalue weighted by molar-refractivity contribution is -0.450. The van der Waals surface area contributed by atoms with Gasteiger partial charge in [0.1, 0.15) is 0 Å². The minimum absolute atomic E-state index is 0.677.